The van der Waals surface area contributed by atoms with Gasteiger partial charge in [-0.15, -0.1) is 11.6 Å². The maximum Gasteiger partial charge on any atom is 0.254 e. The first-order valence-electron chi connectivity index (χ1n) is 6.00. The quantitative estimate of drug-likeness (QED) is 0.736. The van der Waals surface area contributed by atoms with Crippen LogP contribution in [0.4, 0.5) is 0 Å². The Morgan fingerprint density at radius 1 is 1.41 bits per heavy atom. The molecule has 0 unspecified atom stereocenters. The van der Waals surface area contributed by atoms with Crippen LogP contribution >= 0.6 is 11.6 Å². The Hall–Kier alpha value is -1.02. The molecule has 3 heteroatoms. The van der Waals surface area contributed by atoms with Crippen LogP contribution in [0.1, 0.15) is 36.2 Å². The number of halogens is 1. The summed E-state index contributed by atoms with van der Waals surface area (Å²) in [5, 5.41) is 0. The first-order valence-corrected chi connectivity index (χ1v) is 6.53. The SMILES string of the molecule is Cc1cccc(C(=O)N(CCCCl)C(C)C)c1. The summed E-state index contributed by atoms with van der Waals surface area (Å²) < 4.78 is 0. The average Bonchev–Trinajstić information content (AvgIpc) is 2.29. The molecule has 1 rings (SSSR count). The fourth-order valence-corrected chi connectivity index (χ4v) is 1.89. The molecule has 0 aromatic heterocycles. The van der Waals surface area contributed by atoms with Gasteiger partial charge in [0.25, 0.3) is 5.91 Å². The van der Waals surface area contributed by atoms with Gasteiger partial charge >= 0.3 is 0 Å². The lowest BCUT2D eigenvalue weighted by molar-refractivity contribution is 0.0706. The van der Waals surface area contributed by atoms with E-state index in [0.29, 0.717) is 12.4 Å². The van der Waals surface area contributed by atoms with Crippen molar-refractivity contribution in [3.8, 4) is 0 Å². The molecule has 1 aromatic rings. The van der Waals surface area contributed by atoms with Gasteiger partial charge in [-0.1, -0.05) is 17.7 Å². The minimum Gasteiger partial charge on any atom is -0.336 e. The molecule has 0 aliphatic carbocycles. The van der Waals surface area contributed by atoms with Gasteiger partial charge in [0.05, 0.1) is 0 Å². The number of rotatable bonds is 5. The standard InChI is InChI=1S/C14H20ClNO/c1-11(2)16(9-5-8-15)14(17)13-7-4-6-12(3)10-13/h4,6-7,10-11H,5,8-9H2,1-3H3. The molecule has 0 atom stereocenters. The van der Waals surface area contributed by atoms with Crippen molar-refractivity contribution in [1.82, 2.24) is 4.90 Å². The highest BCUT2D eigenvalue weighted by molar-refractivity contribution is 6.17. The van der Waals surface area contributed by atoms with Crippen LogP contribution < -0.4 is 0 Å². The monoisotopic (exact) mass is 253 g/mol. The third-order valence-corrected chi connectivity index (χ3v) is 2.95. The highest BCUT2D eigenvalue weighted by atomic mass is 35.5. The van der Waals surface area contributed by atoms with E-state index in [1.54, 1.807) is 0 Å². The fraction of sp³-hybridized carbons (Fsp3) is 0.500. The normalized spacial score (nSPS) is 10.6. The van der Waals surface area contributed by atoms with Gasteiger partial charge in [-0.3, -0.25) is 4.79 Å². The zero-order valence-electron chi connectivity index (χ0n) is 10.7. The Labute approximate surface area is 109 Å². The summed E-state index contributed by atoms with van der Waals surface area (Å²) in [6.45, 7) is 6.77. The minimum absolute atomic E-state index is 0.0915. The van der Waals surface area contributed by atoms with E-state index in [4.69, 9.17) is 11.6 Å². The molecule has 0 radical (unpaired) electrons. The van der Waals surface area contributed by atoms with Crippen LogP contribution in [0.25, 0.3) is 0 Å². The van der Waals surface area contributed by atoms with Gasteiger partial charge in [0.1, 0.15) is 0 Å². The molecule has 0 aliphatic rings. The van der Waals surface area contributed by atoms with Crippen LogP contribution in [0.5, 0.6) is 0 Å². The number of alkyl halides is 1. The van der Waals surface area contributed by atoms with Gasteiger partial charge in [-0.05, 0) is 39.3 Å². The van der Waals surface area contributed by atoms with E-state index in [2.05, 4.69) is 0 Å². The number of carbonyl (C=O) groups excluding carboxylic acids is 1. The average molecular weight is 254 g/mol. The lowest BCUT2D eigenvalue weighted by Crippen LogP contribution is -2.37. The summed E-state index contributed by atoms with van der Waals surface area (Å²) in [5.41, 5.74) is 1.87. The second-order valence-corrected chi connectivity index (χ2v) is 4.88. The second kappa shape index (κ2) is 6.65. The van der Waals surface area contributed by atoms with E-state index in [0.717, 1.165) is 17.5 Å². The van der Waals surface area contributed by atoms with E-state index in [9.17, 15) is 4.79 Å². The number of benzene rings is 1. The van der Waals surface area contributed by atoms with Crippen molar-refractivity contribution in [3.05, 3.63) is 35.4 Å². The lowest BCUT2D eigenvalue weighted by Gasteiger charge is -2.26. The molecule has 0 fully saturated rings. The molecule has 2 nitrogen and oxygen atoms in total. The summed E-state index contributed by atoms with van der Waals surface area (Å²) in [7, 11) is 0. The number of hydrogen-bond acceptors (Lipinski definition) is 1. The first kappa shape index (κ1) is 14.0. The predicted octanol–water partition coefficient (Wildman–Crippen LogP) is 3.47. The van der Waals surface area contributed by atoms with Crippen molar-refractivity contribution in [2.45, 2.75) is 33.2 Å². The van der Waals surface area contributed by atoms with E-state index < -0.39 is 0 Å². The first-order chi connectivity index (χ1) is 8.06. The van der Waals surface area contributed by atoms with Gasteiger partial charge in [0, 0.05) is 24.0 Å². The van der Waals surface area contributed by atoms with E-state index in [1.807, 2.05) is 49.9 Å². The van der Waals surface area contributed by atoms with Crippen molar-refractivity contribution in [2.75, 3.05) is 12.4 Å². The number of carbonyl (C=O) groups is 1. The Bertz CT molecular complexity index is 376. The van der Waals surface area contributed by atoms with Gasteiger partial charge < -0.3 is 4.90 Å². The van der Waals surface area contributed by atoms with Gasteiger partial charge in [-0.25, -0.2) is 0 Å². The summed E-state index contributed by atoms with van der Waals surface area (Å²) in [4.78, 5) is 14.2. The maximum atomic E-state index is 12.3. The molecule has 0 bridgehead atoms. The highest BCUT2D eigenvalue weighted by Gasteiger charge is 2.17. The fourth-order valence-electron chi connectivity index (χ4n) is 1.77. The zero-order valence-corrected chi connectivity index (χ0v) is 11.5. The molecule has 0 saturated carbocycles. The topological polar surface area (TPSA) is 20.3 Å². The van der Waals surface area contributed by atoms with Crippen molar-refractivity contribution in [3.63, 3.8) is 0 Å². The molecule has 0 aliphatic heterocycles. The maximum absolute atomic E-state index is 12.3. The minimum atomic E-state index is 0.0915. The third-order valence-electron chi connectivity index (χ3n) is 2.68. The van der Waals surface area contributed by atoms with E-state index in [1.165, 1.54) is 0 Å². The second-order valence-electron chi connectivity index (χ2n) is 4.50. The molecular weight excluding hydrogens is 234 g/mol. The third kappa shape index (κ3) is 4.04. The molecule has 0 N–H and O–H groups in total. The van der Waals surface area contributed by atoms with Crippen LogP contribution in [-0.2, 0) is 0 Å². The van der Waals surface area contributed by atoms with Gasteiger partial charge in [-0.2, -0.15) is 0 Å². The molecule has 1 aromatic carbocycles. The van der Waals surface area contributed by atoms with Crippen LogP contribution in [0.2, 0.25) is 0 Å². The number of nitrogens with zero attached hydrogens (tertiary/aromatic N) is 1. The number of amides is 1. The van der Waals surface area contributed by atoms with Crippen LogP contribution in [0.3, 0.4) is 0 Å². The van der Waals surface area contributed by atoms with Crippen molar-refractivity contribution in [2.24, 2.45) is 0 Å². The van der Waals surface area contributed by atoms with Crippen molar-refractivity contribution >= 4 is 17.5 Å². The van der Waals surface area contributed by atoms with Gasteiger partial charge in [0.2, 0.25) is 0 Å². The largest absolute Gasteiger partial charge is 0.336 e. The van der Waals surface area contributed by atoms with Crippen LogP contribution in [0.15, 0.2) is 24.3 Å². The smallest absolute Gasteiger partial charge is 0.254 e. The summed E-state index contributed by atoms with van der Waals surface area (Å²) >= 11 is 5.69. The predicted molar refractivity (Wildman–Crippen MR) is 72.7 cm³/mol. The van der Waals surface area contributed by atoms with Crippen LogP contribution in [0, 0.1) is 6.92 Å². The van der Waals surface area contributed by atoms with Crippen LogP contribution in [-0.4, -0.2) is 29.3 Å². The van der Waals surface area contributed by atoms with E-state index >= 15 is 0 Å². The Morgan fingerprint density at radius 3 is 2.65 bits per heavy atom. The summed E-state index contributed by atoms with van der Waals surface area (Å²) in [6, 6.07) is 7.91. The molecule has 0 saturated heterocycles. The Balaban J connectivity index is 2.84. The Morgan fingerprint density at radius 2 is 2.12 bits per heavy atom. The molecule has 0 heterocycles. The van der Waals surface area contributed by atoms with Crippen molar-refractivity contribution in [1.29, 1.82) is 0 Å². The number of hydrogen-bond donors (Lipinski definition) is 0. The Kier molecular flexibility index (Phi) is 5.49. The molecule has 0 spiro atoms. The zero-order chi connectivity index (χ0) is 12.8. The highest BCUT2D eigenvalue weighted by Crippen LogP contribution is 2.11. The molecule has 1 amide bonds. The molecule has 94 valence electrons. The summed E-state index contributed by atoms with van der Waals surface area (Å²) in [5.74, 6) is 0.679. The van der Waals surface area contributed by atoms with Crippen molar-refractivity contribution < 1.29 is 4.79 Å². The summed E-state index contributed by atoms with van der Waals surface area (Å²) in [6.07, 6.45) is 0.831. The van der Waals surface area contributed by atoms with E-state index in [-0.39, 0.29) is 11.9 Å². The number of aryl methyl sites for hydroxylation is 1. The molecule has 17 heavy (non-hydrogen) atoms. The van der Waals surface area contributed by atoms with Gasteiger partial charge in [0.15, 0.2) is 0 Å². The lowest BCUT2D eigenvalue weighted by atomic mass is 10.1. The molecular formula is C14H20ClNO.